The van der Waals surface area contributed by atoms with Gasteiger partial charge in [-0.15, -0.1) is 0 Å². The smallest absolute Gasteiger partial charge is 0.243 e. The molecule has 1 heterocycles. The van der Waals surface area contributed by atoms with Gasteiger partial charge in [-0.25, -0.2) is 13.4 Å². The maximum Gasteiger partial charge on any atom is 0.243 e. The van der Waals surface area contributed by atoms with E-state index in [0.29, 0.717) is 18.2 Å². The van der Waals surface area contributed by atoms with Gasteiger partial charge in [0.05, 0.1) is 11.4 Å². The molecule has 8 heteroatoms. The number of benzene rings is 1. The molecule has 0 saturated carbocycles. The van der Waals surface area contributed by atoms with Gasteiger partial charge in [0.1, 0.15) is 5.82 Å². The van der Waals surface area contributed by atoms with Gasteiger partial charge in [-0.2, -0.15) is 9.40 Å². The number of H-pyrrole nitrogens is 1. The van der Waals surface area contributed by atoms with Crippen LogP contribution < -0.4 is 5.32 Å². The van der Waals surface area contributed by atoms with Gasteiger partial charge in [-0.05, 0) is 31.7 Å². The Morgan fingerprint density at radius 2 is 1.95 bits per heavy atom. The average Bonchev–Trinajstić information content (AvgIpc) is 2.85. The summed E-state index contributed by atoms with van der Waals surface area (Å²) in [6.07, 6.45) is 0. The summed E-state index contributed by atoms with van der Waals surface area (Å²) in [5.74, 6) is 1.11. The van der Waals surface area contributed by atoms with Crippen molar-refractivity contribution in [2.24, 2.45) is 0 Å². The second-order valence-electron chi connectivity index (χ2n) is 4.77. The standard InChI is InChI=1S/C13H19N5O2S/c1-10-15-13(17-16-10)9-18(3)21(19,20)12-6-4-11(5-7-12)8-14-2/h4-7,14H,8-9H2,1-3H3,(H,15,16,17). The van der Waals surface area contributed by atoms with E-state index in [1.807, 2.05) is 7.05 Å². The van der Waals surface area contributed by atoms with E-state index in [2.05, 4.69) is 20.5 Å². The van der Waals surface area contributed by atoms with E-state index in [1.165, 1.54) is 11.4 Å². The first-order valence-electron chi connectivity index (χ1n) is 6.51. The molecule has 2 aromatic rings. The van der Waals surface area contributed by atoms with Crippen LogP contribution in [0.2, 0.25) is 0 Å². The fraction of sp³-hybridized carbons (Fsp3) is 0.385. The maximum atomic E-state index is 12.5. The number of aromatic amines is 1. The van der Waals surface area contributed by atoms with Crippen molar-refractivity contribution in [1.82, 2.24) is 24.8 Å². The van der Waals surface area contributed by atoms with E-state index in [9.17, 15) is 8.42 Å². The monoisotopic (exact) mass is 309 g/mol. The fourth-order valence-electron chi connectivity index (χ4n) is 1.91. The molecule has 0 fully saturated rings. The fourth-order valence-corrected chi connectivity index (χ4v) is 3.03. The summed E-state index contributed by atoms with van der Waals surface area (Å²) in [7, 11) is -0.180. The van der Waals surface area contributed by atoms with E-state index in [0.717, 1.165) is 5.56 Å². The first-order valence-corrected chi connectivity index (χ1v) is 7.95. The number of hydrogen-bond donors (Lipinski definition) is 2. The quantitative estimate of drug-likeness (QED) is 0.818. The second kappa shape index (κ2) is 6.33. The zero-order valence-electron chi connectivity index (χ0n) is 12.3. The summed E-state index contributed by atoms with van der Waals surface area (Å²) >= 11 is 0. The highest BCUT2D eigenvalue weighted by molar-refractivity contribution is 7.89. The highest BCUT2D eigenvalue weighted by Gasteiger charge is 2.22. The molecular formula is C13H19N5O2S. The highest BCUT2D eigenvalue weighted by atomic mass is 32.2. The van der Waals surface area contributed by atoms with Crippen LogP contribution in [0.1, 0.15) is 17.2 Å². The third kappa shape index (κ3) is 3.66. The van der Waals surface area contributed by atoms with Gasteiger partial charge < -0.3 is 5.32 Å². The van der Waals surface area contributed by atoms with Gasteiger partial charge in [0.2, 0.25) is 10.0 Å². The van der Waals surface area contributed by atoms with Crippen LogP contribution in [0.5, 0.6) is 0 Å². The maximum absolute atomic E-state index is 12.5. The number of nitrogens with zero attached hydrogens (tertiary/aromatic N) is 3. The summed E-state index contributed by atoms with van der Waals surface area (Å²) < 4.78 is 26.2. The zero-order valence-corrected chi connectivity index (χ0v) is 13.1. The van der Waals surface area contributed by atoms with E-state index in [-0.39, 0.29) is 11.4 Å². The molecule has 1 aromatic carbocycles. The van der Waals surface area contributed by atoms with Crippen molar-refractivity contribution in [1.29, 1.82) is 0 Å². The van der Waals surface area contributed by atoms with Crippen molar-refractivity contribution < 1.29 is 8.42 Å². The van der Waals surface area contributed by atoms with Crippen LogP contribution in [-0.4, -0.2) is 42.0 Å². The number of aryl methyl sites for hydroxylation is 1. The van der Waals surface area contributed by atoms with E-state index < -0.39 is 10.0 Å². The number of aromatic nitrogens is 3. The Balaban J connectivity index is 2.16. The van der Waals surface area contributed by atoms with Crippen LogP contribution in [-0.2, 0) is 23.1 Å². The van der Waals surface area contributed by atoms with E-state index in [4.69, 9.17) is 0 Å². The molecule has 0 bridgehead atoms. The Labute approximate surface area is 124 Å². The molecule has 0 unspecified atom stereocenters. The number of rotatable bonds is 6. The molecule has 0 atom stereocenters. The minimum atomic E-state index is -3.54. The molecule has 0 amide bonds. The SMILES string of the molecule is CNCc1ccc(S(=O)(=O)N(C)Cc2n[nH]c(C)n2)cc1. The Morgan fingerprint density at radius 3 is 2.48 bits per heavy atom. The highest BCUT2D eigenvalue weighted by Crippen LogP contribution is 2.16. The van der Waals surface area contributed by atoms with Gasteiger partial charge in [-0.3, -0.25) is 5.10 Å². The van der Waals surface area contributed by atoms with Crippen molar-refractivity contribution in [3.8, 4) is 0 Å². The Hall–Kier alpha value is -1.77. The number of hydrogen-bond acceptors (Lipinski definition) is 5. The van der Waals surface area contributed by atoms with Crippen LogP contribution in [0, 0.1) is 6.92 Å². The van der Waals surface area contributed by atoms with E-state index in [1.54, 1.807) is 31.2 Å². The Bertz CT molecular complexity index is 694. The van der Waals surface area contributed by atoms with Gasteiger partial charge >= 0.3 is 0 Å². The molecule has 7 nitrogen and oxygen atoms in total. The normalized spacial score (nSPS) is 12.0. The molecule has 1 aromatic heterocycles. The van der Waals surface area contributed by atoms with Gasteiger partial charge in [-0.1, -0.05) is 12.1 Å². The topological polar surface area (TPSA) is 91.0 Å². The summed E-state index contributed by atoms with van der Waals surface area (Å²) in [5, 5.41) is 9.67. The van der Waals surface area contributed by atoms with Crippen LogP contribution in [0.15, 0.2) is 29.2 Å². The molecule has 0 spiro atoms. The van der Waals surface area contributed by atoms with Gasteiger partial charge in [0.25, 0.3) is 0 Å². The van der Waals surface area contributed by atoms with Crippen molar-refractivity contribution in [2.45, 2.75) is 24.9 Å². The first kappa shape index (κ1) is 15.6. The molecule has 21 heavy (non-hydrogen) atoms. The summed E-state index contributed by atoms with van der Waals surface area (Å²) in [6, 6.07) is 6.83. The third-order valence-corrected chi connectivity index (χ3v) is 4.84. The molecule has 2 N–H and O–H groups in total. The van der Waals surface area contributed by atoms with Crippen molar-refractivity contribution in [3.63, 3.8) is 0 Å². The van der Waals surface area contributed by atoms with Crippen molar-refractivity contribution in [2.75, 3.05) is 14.1 Å². The molecular weight excluding hydrogens is 290 g/mol. The zero-order chi connectivity index (χ0) is 15.5. The third-order valence-electron chi connectivity index (χ3n) is 3.02. The molecule has 0 saturated heterocycles. The molecule has 2 rings (SSSR count). The lowest BCUT2D eigenvalue weighted by Gasteiger charge is -2.15. The predicted molar refractivity (Wildman–Crippen MR) is 79.0 cm³/mol. The predicted octanol–water partition coefficient (Wildman–Crippen LogP) is 0.653. The lowest BCUT2D eigenvalue weighted by atomic mass is 10.2. The molecule has 0 aliphatic carbocycles. The minimum absolute atomic E-state index is 0.130. The van der Waals surface area contributed by atoms with Gasteiger partial charge in [0, 0.05) is 13.6 Å². The van der Waals surface area contributed by atoms with Crippen LogP contribution in [0.25, 0.3) is 0 Å². The Kier molecular flexibility index (Phi) is 4.71. The molecule has 0 radical (unpaired) electrons. The summed E-state index contributed by atoms with van der Waals surface area (Å²) in [6.45, 7) is 2.60. The van der Waals surface area contributed by atoms with Crippen molar-refractivity contribution in [3.05, 3.63) is 41.5 Å². The second-order valence-corrected chi connectivity index (χ2v) is 6.82. The molecule has 0 aliphatic heterocycles. The van der Waals surface area contributed by atoms with Gasteiger partial charge in [0.15, 0.2) is 5.82 Å². The minimum Gasteiger partial charge on any atom is -0.316 e. The first-order chi connectivity index (χ1) is 9.93. The molecule has 0 aliphatic rings. The lowest BCUT2D eigenvalue weighted by Crippen LogP contribution is -2.27. The van der Waals surface area contributed by atoms with E-state index >= 15 is 0 Å². The number of nitrogens with one attached hydrogen (secondary N) is 2. The average molecular weight is 309 g/mol. The van der Waals surface area contributed by atoms with Crippen LogP contribution in [0.3, 0.4) is 0 Å². The van der Waals surface area contributed by atoms with Crippen molar-refractivity contribution >= 4 is 10.0 Å². The molecule has 114 valence electrons. The Morgan fingerprint density at radius 1 is 1.29 bits per heavy atom. The number of sulfonamides is 1. The largest absolute Gasteiger partial charge is 0.316 e. The summed E-state index contributed by atoms with van der Waals surface area (Å²) in [5.41, 5.74) is 1.03. The summed E-state index contributed by atoms with van der Waals surface area (Å²) in [4.78, 5) is 4.38. The lowest BCUT2D eigenvalue weighted by molar-refractivity contribution is 0.457. The van der Waals surface area contributed by atoms with Crippen LogP contribution in [0.4, 0.5) is 0 Å². The van der Waals surface area contributed by atoms with Crippen LogP contribution >= 0.6 is 0 Å².